The minimum Gasteiger partial charge on any atom is -0.349 e. The third kappa shape index (κ3) is 7.28. The number of thiophene rings is 1. The van der Waals surface area contributed by atoms with Gasteiger partial charge in [0.25, 0.3) is 5.91 Å². The van der Waals surface area contributed by atoms with E-state index in [0.29, 0.717) is 17.8 Å². The van der Waals surface area contributed by atoms with Crippen molar-refractivity contribution in [1.29, 1.82) is 0 Å². The molecule has 0 bridgehead atoms. The average Bonchev–Trinajstić information content (AvgIpc) is 3.35. The highest BCUT2D eigenvalue weighted by molar-refractivity contribution is 7.12. The molecule has 0 aliphatic heterocycles. The highest BCUT2D eigenvalue weighted by Crippen LogP contribution is 2.23. The number of amides is 3. The zero-order valence-corrected chi connectivity index (χ0v) is 20.6. The van der Waals surface area contributed by atoms with Crippen molar-refractivity contribution >= 4 is 29.1 Å². The topological polar surface area (TPSA) is 78.5 Å². The first-order chi connectivity index (χ1) is 16.2. The molecule has 0 fully saturated rings. The molecule has 0 saturated carbocycles. The second-order valence-electron chi connectivity index (χ2n) is 9.04. The molecule has 178 valence electrons. The first kappa shape index (κ1) is 25.2. The number of hydrogen-bond donors (Lipinski definition) is 2. The Morgan fingerprint density at radius 1 is 0.912 bits per heavy atom. The first-order valence-electron chi connectivity index (χ1n) is 11.3. The molecule has 2 aromatic carbocycles. The van der Waals surface area contributed by atoms with Gasteiger partial charge in [-0.25, -0.2) is 0 Å². The van der Waals surface area contributed by atoms with Gasteiger partial charge in [0.2, 0.25) is 11.8 Å². The quantitative estimate of drug-likeness (QED) is 0.485. The number of nitrogens with one attached hydrogen (secondary N) is 2. The minimum atomic E-state index is -0.824. The summed E-state index contributed by atoms with van der Waals surface area (Å²) in [6.45, 7) is 5.85. The summed E-state index contributed by atoms with van der Waals surface area (Å²) in [5.41, 5.74) is 1.31. The van der Waals surface area contributed by atoms with E-state index in [1.54, 1.807) is 17.0 Å². The number of benzene rings is 2. The van der Waals surface area contributed by atoms with E-state index in [1.807, 2.05) is 86.8 Å². The maximum Gasteiger partial charge on any atom is 0.261 e. The van der Waals surface area contributed by atoms with Crippen LogP contribution >= 0.6 is 11.3 Å². The average molecular weight is 478 g/mol. The summed E-state index contributed by atoms with van der Waals surface area (Å²) in [6, 6.07) is 21.8. The lowest BCUT2D eigenvalue weighted by Gasteiger charge is -2.34. The van der Waals surface area contributed by atoms with Gasteiger partial charge in [-0.1, -0.05) is 66.7 Å². The van der Waals surface area contributed by atoms with Crippen molar-refractivity contribution < 1.29 is 14.4 Å². The highest BCUT2D eigenvalue weighted by atomic mass is 32.1. The Balaban J connectivity index is 1.88. The predicted molar refractivity (Wildman–Crippen MR) is 136 cm³/mol. The van der Waals surface area contributed by atoms with Gasteiger partial charge in [0, 0.05) is 12.1 Å². The zero-order chi connectivity index (χ0) is 24.6. The van der Waals surface area contributed by atoms with Crippen LogP contribution in [0.1, 0.15) is 47.6 Å². The minimum absolute atomic E-state index is 0.197. The van der Waals surface area contributed by atoms with Crippen molar-refractivity contribution in [2.45, 2.75) is 38.8 Å². The summed E-state index contributed by atoms with van der Waals surface area (Å²) in [6.07, 6.45) is 0.581. The summed E-state index contributed by atoms with van der Waals surface area (Å²) in [5.74, 6) is -0.884. The van der Waals surface area contributed by atoms with E-state index in [-0.39, 0.29) is 24.3 Å². The van der Waals surface area contributed by atoms with E-state index in [9.17, 15) is 14.4 Å². The Hall–Kier alpha value is -3.45. The molecule has 34 heavy (non-hydrogen) atoms. The normalized spacial score (nSPS) is 12.0. The molecule has 0 unspecified atom stereocenters. The van der Waals surface area contributed by atoms with Gasteiger partial charge in [0.05, 0.1) is 11.4 Å². The molecule has 3 rings (SSSR count). The molecule has 0 aliphatic rings. The molecule has 0 spiro atoms. The van der Waals surface area contributed by atoms with Gasteiger partial charge in [-0.3, -0.25) is 14.4 Å². The van der Waals surface area contributed by atoms with Gasteiger partial charge in [0.15, 0.2) is 0 Å². The molecule has 2 N–H and O–H groups in total. The van der Waals surface area contributed by atoms with Crippen LogP contribution in [0.25, 0.3) is 0 Å². The maximum absolute atomic E-state index is 13.5. The fourth-order valence-corrected chi connectivity index (χ4v) is 4.23. The van der Waals surface area contributed by atoms with Crippen LogP contribution in [0.15, 0.2) is 78.2 Å². The van der Waals surface area contributed by atoms with Crippen LogP contribution in [0.5, 0.6) is 0 Å². The summed E-state index contributed by atoms with van der Waals surface area (Å²) < 4.78 is 0. The fraction of sp³-hybridized carbons (Fsp3) is 0.296. The van der Waals surface area contributed by atoms with E-state index < -0.39 is 11.6 Å². The molecule has 6 nitrogen and oxygen atoms in total. The van der Waals surface area contributed by atoms with Crippen LogP contribution in [0.4, 0.5) is 0 Å². The highest BCUT2D eigenvalue weighted by Gasteiger charge is 2.33. The summed E-state index contributed by atoms with van der Waals surface area (Å²) >= 11 is 1.31. The SMILES string of the molecule is CC(C)(C)NC(=O)[C@H](c1ccccc1)N(CCc1ccccc1)C(=O)CNC(=O)c1cccs1. The van der Waals surface area contributed by atoms with Crippen molar-refractivity contribution in [3.05, 3.63) is 94.2 Å². The fourth-order valence-electron chi connectivity index (χ4n) is 3.59. The van der Waals surface area contributed by atoms with E-state index >= 15 is 0 Å². The van der Waals surface area contributed by atoms with E-state index in [1.165, 1.54) is 11.3 Å². The van der Waals surface area contributed by atoms with Crippen molar-refractivity contribution in [1.82, 2.24) is 15.5 Å². The number of hydrogen-bond acceptors (Lipinski definition) is 4. The second-order valence-corrected chi connectivity index (χ2v) is 9.98. The first-order valence-corrected chi connectivity index (χ1v) is 12.1. The molecule has 3 amide bonds. The molecule has 1 aromatic heterocycles. The number of carbonyl (C=O) groups excluding carboxylic acids is 3. The van der Waals surface area contributed by atoms with Gasteiger partial charge in [-0.2, -0.15) is 0 Å². The van der Waals surface area contributed by atoms with Crippen LogP contribution in [0.2, 0.25) is 0 Å². The van der Waals surface area contributed by atoms with E-state index in [2.05, 4.69) is 10.6 Å². The van der Waals surface area contributed by atoms with Gasteiger partial charge < -0.3 is 15.5 Å². The molecular weight excluding hydrogens is 446 g/mol. The predicted octanol–water partition coefficient (Wildman–Crippen LogP) is 4.21. The second kappa shape index (κ2) is 11.6. The summed E-state index contributed by atoms with van der Waals surface area (Å²) in [5, 5.41) is 7.54. The van der Waals surface area contributed by atoms with Crippen molar-refractivity contribution in [3.63, 3.8) is 0 Å². The lowest BCUT2D eigenvalue weighted by atomic mass is 10.0. The molecule has 0 radical (unpaired) electrons. The van der Waals surface area contributed by atoms with Crippen molar-refractivity contribution in [3.8, 4) is 0 Å². The van der Waals surface area contributed by atoms with Crippen molar-refractivity contribution in [2.75, 3.05) is 13.1 Å². The molecule has 1 heterocycles. The monoisotopic (exact) mass is 477 g/mol. The molecule has 7 heteroatoms. The Labute approximate surface area is 205 Å². The lowest BCUT2D eigenvalue weighted by Crippen LogP contribution is -2.51. The van der Waals surface area contributed by atoms with Gasteiger partial charge in [-0.05, 0) is 49.8 Å². The zero-order valence-electron chi connectivity index (χ0n) is 19.8. The van der Waals surface area contributed by atoms with Gasteiger partial charge in [0.1, 0.15) is 6.04 Å². The Morgan fingerprint density at radius 2 is 1.56 bits per heavy atom. The molecule has 3 aromatic rings. The number of nitrogens with zero attached hydrogens (tertiary/aromatic N) is 1. The van der Waals surface area contributed by atoms with Crippen LogP contribution in [-0.2, 0) is 16.0 Å². The number of carbonyl (C=O) groups is 3. The molecular formula is C27H31N3O3S. The van der Waals surface area contributed by atoms with Crippen molar-refractivity contribution in [2.24, 2.45) is 0 Å². The Kier molecular flexibility index (Phi) is 8.60. The van der Waals surface area contributed by atoms with E-state index in [0.717, 1.165) is 11.1 Å². The molecule has 0 aliphatic carbocycles. The molecule has 0 saturated heterocycles. The smallest absolute Gasteiger partial charge is 0.261 e. The summed E-state index contributed by atoms with van der Waals surface area (Å²) in [4.78, 5) is 41.4. The third-order valence-electron chi connectivity index (χ3n) is 5.12. The van der Waals surface area contributed by atoms with Crippen LogP contribution < -0.4 is 10.6 Å². The number of rotatable bonds is 9. The standard InChI is InChI=1S/C27H31N3O3S/c1-27(2,3)29-26(33)24(21-13-8-5-9-14-21)30(17-16-20-11-6-4-7-12-20)23(31)19-28-25(32)22-15-10-18-34-22/h4-15,18,24H,16-17,19H2,1-3H3,(H,28,32)(H,29,33)/t24-/m0/s1. The third-order valence-corrected chi connectivity index (χ3v) is 5.99. The Morgan fingerprint density at radius 3 is 2.15 bits per heavy atom. The Bertz CT molecular complexity index is 1080. The van der Waals surface area contributed by atoms with Crippen LogP contribution in [-0.4, -0.2) is 41.2 Å². The van der Waals surface area contributed by atoms with Crippen LogP contribution in [0, 0.1) is 0 Å². The van der Waals surface area contributed by atoms with Gasteiger partial charge >= 0.3 is 0 Å². The maximum atomic E-state index is 13.5. The van der Waals surface area contributed by atoms with Gasteiger partial charge in [-0.15, -0.1) is 11.3 Å². The molecule has 1 atom stereocenters. The largest absolute Gasteiger partial charge is 0.349 e. The summed E-state index contributed by atoms with van der Waals surface area (Å²) in [7, 11) is 0. The van der Waals surface area contributed by atoms with E-state index in [4.69, 9.17) is 0 Å². The lowest BCUT2D eigenvalue weighted by molar-refractivity contribution is -0.140. The van der Waals surface area contributed by atoms with Crippen LogP contribution in [0.3, 0.4) is 0 Å².